The molecule has 0 unspecified atom stereocenters. The molecule has 0 saturated carbocycles. The van der Waals surface area contributed by atoms with E-state index < -0.39 is 0 Å². The van der Waals surface area contributed by atoms with Crippen LogP contribution >= 0.6 is 0 Å². The van der Waals surface area contributed by atoms with Gasteiger partial charge in [0.15, 0.2) is 0 Å². The van der Waals surface area contributed by atoms with E-state index in [1.54, 1.807) is 0 Å². The lowest BCUT2D eigenvalue weighted by atomic mass is 9.95. The smallest absolute Gasteiger partial charge is 0.0541 e. The second kappa shape index (κ2) is 10.9. The molecule has 0 fully saturated rings. The van der Waals surface area contributed by atoms with Gasteiger partial charge in [-0.1, -0.05) is 121 Å². The van der Waals surface area contributed by atoms with E-state index in [0.717, 1.165) is 6.42 Å². The fraction of sp³-hybridized carbons (Fsp3) is 0.0204. The van der Waals surface area contributed by atoms with Crippen LogP contribution in [0.5, 0.6) is 0 Å². The second-order valence-electron chi connectivity index (χ2n) is 13.7. The van der Waals surface area contributed by atoms with Gasteiger partial charge in [-0.2, -0.15) is 0 Å². The van der Waals surface area contributed by atoms with Crippen molar-refractivity contribution in [1.82, 2.24) is 9.13 Å². The van der Waals surface area contributed by atoms with E-state index in [-0.39, 0.29) is 0 Å². The van der Waals surface area contributed by atoms with Gasteiger partial charge < -0.3 is 9.13 Å². The van der Waals surface area contributed by atoms with Crippen LogP contribution < -0.4 is 0 Å². The Kier molecular flexibility index (Phi) is 6.05. The Labute approximate surface area is 296 Å². The molecule has 2 aromatic heterocycles. The van der Waals surface area contributed by atoms with E-state index in [0.29, 0.717) is 0 Å². The fourth-order valence-corrected chi connectivity index (χ4v) is 8.64. The summed E-state index contributed by atoms with van der Waals surface area (Å²) in [5, 5.41) is 5.13. The summed E-state index contributed by atoms with van der Waals surface area (Å²) in [6.45, 7) is 0. The molecule has 0 atom stereocenters. The number of fused-ring (bicyclic) bond motifs is 9. The maximum Gasteiger partial charge on any atom is 0.0541 e. The normalized spacial score (nSPS) is 12.2. The highest BCUT2D eigenvalue weighted by Crippen LogP contribution is 2.44. The SMILES string of the molecule is c1ccc(-n2c3ccccc3c3cc(-c4cccc(-c5ccc6c(c5)-c5cccc(-n7c8ccccc8c8ccccc87)c5C6)c4)ccc32)cc1. The van der Waals surface area contributed by atoms with Gasteiger partial charge in [0.1, 0.15) is 0 Å². The molecule has 2 heterocycles. The maximum absolute atomic E-state index is 2.47. The Morgan fingerprint density at radius 3 is 1.61 bits per heavy atom. The average molecular weight is 649 g/mol. The average Bonchev–Trinajstić information content (AvgIpc) is 3.86. The standard InChI is InChI=1S/C49H32N2/c1-2-14-37(15-3-1)50-45-20-7-6-18-41(45)44-30-35(26-27-49(44)50)33-13-10-12-32(28-33)34-24-25-36-31-43-38(42(36)29-34)19-11-23-48(43)51-46-21-8-4-16-39(46)40-17-5-9-22-47(40)51/h1-30H,31H2. The molecule has 0 aliphatic heterocycles. The number of hydrogen-bond donors (Lipinski definition) is 0. The third-order valence-corrected chi connectivity index (χ3v) is 11.0. The Morgan fingerprint density at radius 2 is 0.882 bits per heavy atom. The quantitative estimate of drug-likeness (QED) is 0.180. The Morgan fingerprint density at radius 1 is 0.333 bits per heavy atom. The van der Waals surface area contributed by atoms with Crippen LogP contribution in [0, 0.1) is 0 Å². The van der Waals surface area contributed by atoms with Crippen LogP contribution in [-0.4, -0.2) is 9.13 Å². The van der Waals surface area contributed by atoms with Crippen molar-refractivity contribution in [3.63, 3.8) is 0 Å². The number of rotatable bonds is 4. The maximum atomic E-state index is 2.47. The first-order valence-corrected chi connectivity index (χ1v) is 17.7. The van der Waals surface area contributed by atoms with Crippen molar-refractivity contribution in [3.8, 4) is 44.8 Å². The van der Waals surface area contributed by atoms with Crippen molar-refractivity contribution < 1.29 is 0 Å². The van der Waals surface area contributed by atoms with Gasteiger partial charge in [-0.3, -0.25) is 0 Å². The van der Waals surface area contributed by atoms with Crippen molar-refractivity contribution >= 4 is 43.6 Å². The highest BCUT2D eigenvalue weighted by Gasteiger charge is 2.24. The van der Waals surface area contributed by atoms with Crippen LogP contribution in [-0.2, 0) is 6.42 Å². The molecule has 2 heteroatoms. The highest BCUT2D eigenvalue weighted by atomic mass is 15.0. The predicted octanol–water partition coefficient (Wildman–Crippen LogP) is 12.8. The minimum atomic E-state index is 0.929. The molecule has 0 N–H and O–H groups in total. The van der Waals surface area contributed by atoms with Crippen molar-refractivity contribution in [2.75, 3.05) is 0 Å². The molecule has 0 saturated heterocycles. The largest absolute Gasteiger partial charge is 0.309 e. The van der Waals surface area contributed by atoms with Crippen LogP contribution in [0.25, 0.3) is 88.4 Å². The van der Waals surface area contributed by atoms with Gasteiger partial charge in [-0.25, -0.2) is 0 Å². The van der Waals surface area contributed by atoms with E-state index in [2.05, 4.69) is 191 Å². The fourth-order valence-electron chi connectivity index (χ4n) is 8.64. The zero-order valence-corrected chi connectivity index (χ0v) is 27.9. The van der Waals surface area contributed by atoms with Gasteiger partial charge in [-0.15, -0.1) is 0 Å². The van der Waals surface area contributed by atoms with Crippen molar-refractivity contribution in [3.05, 3.63) is 193 Å². The predicted molar refractivity (Wildman–Crippen MR) is 214 cm³/mol. The lowest BCUT2D eigenvalue weighted by Crippen LogP contribution is -1.98. The van der Waals surface area contributed by atoms with Crippen molar-refractivity contribution in [1.29, 1.82) is 0 Å². The molecule has 0 spiro atoms. The number of para-hydroxylation sites is 4. The van der Waals surface area contributed by atoms with E-state index >= 15 is 0 Å². The molecule has 11 rings (SSSR count). The first-order chi connectivity index (χ1) is 25.3. The molecule has 51 heavy (non-hydrogen) atoms. The first-order valence-electron chi connectivity index (χ1n) is 17.7. The summed E-state index contributed by atoms with van der Waals surface area (Å²) >= 11 is 0. The lowest BCUT2D eigenvalue weighted by Gasteiger charge is -2.13. The third-order valence-electron chi connectivity index (χ3n) is 11.0. The van der Waals surface area contributed by atoms with Gasteiger partial charge >= 0.3 is 0 Å². The molecular formula is C49H32N2. The highest BCUT2D eigenvalue weighted by molar-refractivity contribution is 6.11. The molecule has 10 aromatic rings. The summed E-state index contributed by atoms with van der Waals surface area (Å²) in [4.78, 5) is 0. The molecule has 0 bridgehead atoms. The van der Waals surface area contributed by atoms with E-state index in [9.17, 15) is 0 Å². The summed E-state index contributed by atoms with van der Waals surface area (Å²) in [6.07, 6.45) is 0.929. The molecule has 1 aliphatic rings. The Hall–Kier alpha value is -6.64. The monoisotopic (exact) mass is 648 g/mol. The van der Waals surface area contributed by atoms with Crippen LogP contribution in [0.3, 0.4) is 0 Å². The summed E-state index contributed by atoms with van der Waals surface area (Å²) < 4.78 is 4.84. The molecule has 2 nitrogen and oxygen atoms in total. The molecule has 0 radical (unpaired) electrons. The summed E-state index contributed by atoms with van der Waals surface area (Å²) in [5.41, 5.74) is 17.8. The molecule has 238 valence electrons. The second-order valence-corrected chi connectivity index (χ2v) is 13.7. The molecule has 0 amide bonds. The lowest BCUT2D eigenvalue weighted by molar-refractivity contribution is 1.12. The van der Waals surface area contributed by atoms with Crippen molar-refractivity contribution in [2.45, 2.75) is 6.42 Å². The molecular weight excluding hydrogens is 617 g/mol. The molecule has 1 aliphatic carbocycles. The Bertz CT molecular complexity index is 2940. The minimum absolute atomic E-state index is 0.929. The van der Waals surface area contributed by atoms with Crippen molar-refractivity contribution in [2.24, 2.45) is 0 Å². The van der Waals surface area contributed by atoms with Crippen LogP contribution in [0.4, 0.5) is 0 Å². The summed E-state index contributed by atoms with van der Waals surface area (Å²) in [6, 6.07) is 66.8. The number of aromatic nitrogens is 2. The summed E-state index contributed by atoms with van der Waals surface area (Å²) in [7, 11) is 0. The zero-order chi connectivity index (χ0) is 33.5. The van der Waals surface area contributed by atoms with Gasteiger partial charge in [0.25, 0.3) is 0 Å². The van der Waals surface area contributed by atoms with Crippen LogP contribution in [0.2, 0.25) is 0 Å². The summed E-state index contributed by atoms with van der Waals surface area (Å²) in [5.74, 6) is 0. The van der Waals surface area contributed by atoms with Crippen LogP contribution in [0.15, 0.2) is 182 Å². The van der Waals surface area contributed by atoms with Crippen LogP contribution in [0.1, 0.15) is 11.1 Å². The van der Waals surface area contributed by atoms with Gasteiger partial charge in [0.2, 0.25) is 0 Å². The molecule has 8 aromatic carbocycles. The van der Waals surface area contributed by atoms with E-state index in [1.807, 2.05) is 0 Å². The third kappa shape index (κ3) is 4.23. The van der Waals surface area contributed by atoms with E-state index in [1.165, 1.54) is 99.5 Å². The van der Waals surface area contributed by atoms with E-state index in [4.69, 9.17) is 0 Å². The topological polar surface area (TPSA) is 9.86 Å². The van der Waals surface area contributed by atoms with Gasteiger partial charge in [-0.05, 0) is 105 Å². The first kappa shape index (κ1) is 28.2. The van der Waals surface area contributed by atoms with Gasteiger partial charge in [0.05, 0.1) is 27.8 Å². The number of benzene rings is 8. The zero-order valence-electron chi connectivity index (χ0n) is 27.9. The number of nitrogens with zero attached hydrogens (tertiary/aromatic N) is 2. The van der Waals surface area contributed by atoms with Gasteiger partial charge in [0, 0.05) is 33.7 Å². The minimum Gasteiger partial charge on any atom is -0.309 e. The number of hydrogen-bond acceptors (Lipinski definition) is 0. The Balaban J connectivity index is 1.00.